The topological polar surface area (TPSA) is 33.5 Å². The van der Waals surface area contributed by atoms with E-state index in [0.29, 0.717) is 6.04 Å². The van der Waals surface area contributed by atoms with Crippen LogP contribution in [0, 0.1) is 0 Å². The van der Waals surface area contributed by atoms with Gasteiger partial charge < -0.3 is 4.74 Å². The van der Waals surface area contributed by atoms with Gasteiger partial charge in [0.1, 0.15) is 0 Å². The maximum absolute atomic E-state index is 6.39. The van der Waals surface area contributed by atoms with Gasteiger partial charge in [-0.15, -0.1) is 0 Å². The van der Waals surface area contributed by atoms with Crippen LogP contribution in [-0.4, -0.2) is 65.5 Å². The second-order valence-corrected chi connectivity index (χ2v) is 6.81. The highest BCUT2D eigenvalue weighted by molar-refractivity contribution is 6.35. The third-order valence-corrected chi connectivity index (χ3v) is 4.88. The van der Waals surface area contributed by atoms with Crippen LogP contribution < -0.4 is 0 Å². The second kappa shape index (κ2) is 7.18. The van der Waals surface area contributed by atoms with Crippen molar-refractivity contribution in [3.05, 3.63) is 28.9 Å². The average Bonchev–Trinajstić information content (AvgIpc) is 2.85. The van der Waals surface area contributed by atoms with Crippen molar-refractivity contribution in [1.29, 1.82) is 0 Å². The molecule has 6 heteroatoms. The highest BCUT2D eigenvalue weighted by Gasteiger charge is 2.20. The smallest absolute Gasteiger partial charge is 0.0858 e. The highest BCUT2D eigenvalue weighted by Crippen LogP contribution is 2.27. The number of likely N-dealkylation sites (N-methyl/N-ethyl adjacent to an activating group) is 1. The molecule has 0 aliphatic carbocycles. The Balaban J connectivity index is 1.69. The van der Waals surface area contributed by atoms with Crippen molar-refractivity contribution >= 4 is 22.5 Å². The van der Waals surface area contributed by atoms with Gasteiger partial charge >= 0.3 is 0 Å². The second-order valence-electron chi connectivity index (χ2n) is 6.40. The molecule has 1 fully saturated rings. The van der Waals surface area contributed by atoms with Crippen molar-refractivity contribution in [3.8, 4) is 0 Å². The molecule has 126 valence electrons. The molecule has 0 N–H and O–H groups in total. The van der Waals surface area contributed by atoms with E-state index in [-0.39, 0.29) is 0 Å². The van der Waals surface area contributed by atoms with E-state index in [4.69, 9.17) is 16.3 Å². The van der Waals surface area contributed by atoms with Crippen molar-refractivity contribution in [1.82, 2.24) is 19.6 Å². The molecule has 1 aliphatic rings. The quantitative estimate of drug-likeness (QED) is 0.839. The third kappa shape index (κ3) is 3.69. The third-order valence-electron chi connectivity index (χ3n) is 4.56. The molecule has 1 atom stereocenters. The number of fused-ring (bicyclic) bond motifs is 1. The number of halogens is 1. The Morgan fingerprint density at radius 1 is 1.35 bits per heavy atom. The van der Waals surface area contributed by atoms with Crippen LogP contribution in [0.1, 0.15) is 12.6 Å². The minimum absolute atomic E-state index is 0.509. The summed E-state index contributed by atoms with van der Waals surface area (Å²) in [6, 6.07) is 6.48. The van der Waals surface area contributed by atoms with Gasteiger partial charge in [-0.1, -0.05) is 17.7 Å². The van der Waals surface area contributed by atoms with Crippen molar-refractivity contribution in [2.24, 2.45) is 7.05 Å². The molecular weight excluding hydrogens is 312 g/mol. The van der Waals surface area contributed by atoms with E-state index in [2.05, 4.69) is 34.9 Å². The minimum Gasteiger partial charge on any atom is -0.379 e. The average molecular weight is 337 g/mol. The number of aromatic nitrogens is 2. The summed E-state index contributed by atoms with van der Waals surface area (Å²) in [6.45, 7) is 7.81. The molecule has 3 rings (SSSR count). The molecule has 1 aliphatic heterocycles. The molecule has 0 radical (unpaired) electrons. The number of aryl methyl sites for hydroxylation is 1. The number of rotatable bonds is 5. The van der Waals surface area contributed by atoms with E-state index < -0.39 is 0 Å². The number of nitrogens with zero attached hydrogens (tertiary/aromatic N) is 4. The zero-order valence-electron chi connectivity index (χ0n) is 14.1. The minimum atomic E-state index is 0.509. The van der Waals surface area contributed by atoms with E-state index in [9.17, 15) is 0 Å². The van der Waals surface area contributed by atoms with Crippen molar-refractivity contribution in [2.45, 2.75) is 19.5 Å². The van der Waals surface area contributed by atoms with E-state index in [1.165, 1.54) is 0 Å². The molecule has 0 amide bonds. The molecule has 1 unspecified atom stereocenters. The molecule has 2 heterocycles. The lowest BCUT2D eigenvalue weighted by Crippen LogP contribution is -2.46. The monoisotopic (exact) mass is 336 g/mol. The zero-order valence-corrected chi connectivity index (χ0v) is 14.9. The van der Waals surface area contributed by atoms with Gasteiger partial charge in [0.05, 0.1) is 29.4 Å². The molecule has 1 saturated heterocycles. The SMILES string of the molecule is CC(CN(C)Cc1nn(C)c2cccc(Cl)c12)N1CCOCC1. The van der Waals surface area contributed by atoms with E-state index in [1.54, 1.807) is 0 Å². The first-order valence-electron chi connectivity index (χ1n) is 8.16. The van der Waals surface area contributed by atoms with Crippen LogP contribution >= 0.6 is 11.6 Å². The fourth-order valence-corrected chi connectivity index (χ4v) is 3.65. The van der Waals surface area contributed by atoms with Crippen LogP contribution in [0.4, 0.5) is 0 Å². The normalized spacial score (nSPS) is 18.0. The van der Waals surface area contributed by atoms with E-state index >= 15 is 0 Å². The van der Waals surface area contributed by atoms with Gasteiger partial charge in [0.25, 0.3) is 0 Å². The summed E-state index contributed by atoms with van der Waals surface area (Å²) >= 11 is 6.39. The van der Waals surface area contributed by atoms with Crippen LogP contribution in [0.15, 0.2) is 18.2 Å². The van der Waals surface area contributed by atoms with E-state index in [1.807, 2.05) is 23.9 Å². The molecule has 1 aromatic carbocycles. The molecule has 1 aromatic heterocycles. The standard InChI is InChI=1S/C17H25ClN4O/c1-13(22-7-9-23-10-8-22)11-20(2)12-15-17-14(18)5-4-6-16(17)21(3)19-15/h4-6,13H,7-12H2,1-3H3. The predicted molar refractivity (Wildman–Crippen MR) is 93.9 cm³/mol. The van der Waals surface area contributed by atoms with Gasteiger partial charge in [-0.25, -0.2) is 0 Å². The van der Waals surface area contributed by atoms with Crippen LogP contribution in [0.2, 0.25) is 5.02 Å². The van der Waals surface area contributed by atoms with Gasteiger partial charge in [-0.3, -0.25) is 14.5 Å². The zero-order chi connectivity index (χ0) is 16.4. The number of hydrogen-bond donors (Lipinski definition) is 0. The van der Waals surface area contributed by atoms with Crippen LogP contribution in [0.5, 0.6) is 0 Å². The summed E-state index contributed by atoms with van der Waals surface area (Å²) in [5, 5.41) is 6.52. The first kappa shape index (κ1) is 16.7. The van der Waals surface area contributed by atoms with Crippen LogP contribution in [0.3, 0.4) is 0 Å². The highest BCUT2D eigenvalue weighted by atomic mass is 35.5. The Morgan fingerprint density at radius 3 is 2.83 bits per heavy atom. The number of ether oxygens (including phenoxy) is 1. The summed E-state index contributed by atoms with van der Waals surface area (Å²) in [5.74, 6) is 0. The number of morpholine rings is 1. The van der Waals surface area contributed by atoms with Crippen molar-refractivity contribution in [3.63, 3.8) is 0 Å². The van der Waals surface area contributed by atoms with Crippen molar-refractivity contribution < 1.29 is 4.74 Å². The van der Waals surface area contributed by atoms with Crippen molar-refractivity contribution in [2.75, 3.05) is 39.9 Å². The van der Waals surface area contributed by atoms with Gasteiger partial charge in [-0.05, 0) is 26.1 Å². The Kier molecular flexibility index (Phi) is 5.21. The van der Waals surface area contributed by atoms with Gasteiger partial charge in [0, 0.05) is 44.7 Å². The molecule has 0 bridgehead atoms. The Bertz CT molecular complexity index is 666. The molecular formula is C17H25ClN4O. The fourth-order valence-electron chi connectivity index (χ4n) is 3.37. The molecule has 0 saturated carbocycles. The molecule has 5 nitrogen and oxygen atoms in total. The summed E-state index contributed by atoms with van der Waals surface area (Å²) in [4.78, 5) is 4.81. The molecule has 2 aromatic rings. The largest absolute Gasteiger partial charge is 0.379 e. The first-order valence-corrected chi connectivity index (χ1v) is 8.54. The lowest BCUT2D eigenvalue weighted by atomic mass is 10.2. The number of hydrogen-bond acceptors (Lipinski definition) is 4. The fraction of sp³-hybridized carbons (Fsp3) is 0.588. The van der Waals surface area contributed by atoms with E-state index in [0.717, 1.165) is 61.0 Å². The number of benzene rings is 1. The van der Waals surface area contributed by atoms with Gasteiger partial charge in [0.15, 0.2) is 0 Å². The molecule has 0 spiro atoms. The van der Waals surface area contributed by atoms with Gasteiger partial charge in [0.2, 0.25) is 0 Å². The molecule has 23 heavy (non-hydrogen) atoms. The summed E-state index contributed by atoms with van der Waals surface area (Å²) < 4.78 is 7.34. The van der Waals surface area contributed by atoms with Crippen LogP contribution in [0.25, 0.3) is 10.9 Å². The summed E-state index contributed by atoms with van der Waals surface area (Å²) in [5.41, 5.74) is 2.13. The Morgan fingerprint density at radius 2 is 2.09 bits per heavy atom. The Hall–Kier alpha value is -1.14. The summed E-state index contributed by atoms with van der Waals surface area (Å²) in [6.07, 6.45) is 0. The maximum Gasteiger partial charge on any atom is 0.0858 e. The predicted octanol–water partition coefficient (Wildman–Crippen LogP) is 2.38. The lowest BCUT2D eigenvalue weighted by Gasteiger charge is -2.34. The van der Waals surface area contributed by atoms with Crippen LogP contribution in [-0.2, 0) is 18.3 Å². The first-order chi connectivity index (χ1) is 11.1. The Labute approximate surface area is 142 Å². The summed E-state index contributed by atoms with van der Waals surface area (Å²) in [7, 11) is 4.12. The maximum atomic E-state index is 6.39. The lowest BCUT2D eigenvalue weighted by molar-refractivity contribution is 0.0136. The van der Waals surface area contributed by atoms with Gasteiger partial charge in [-0.2, -0.15) is 5.10 Å².